The number of aromatic nitrogens is 2. The van der Waals surface area contributed by atoms with E-state index in [4.69, 9.17) is 0 Å². The van der Waals surface area contributed by atoms with Crippen LogP contribution in [0.2, 0.25) is 0 Å². The van der Waals surface area contributed by atoms with Crippen molar-refractivity contribution in [2.24, 2.45) is 0 Å². The molecule has 4 nitrogen and oxygen atoms in total. The molecule has 3 heterocycles. The maximum atomic E-state index is 12.9. The molecule has 0 saturated heterocycles. The van der Waals surface area contributed by atoms with Gasteiger partial charge in [0.1, 0.15) is 0 Å². The molecule has 0 radical (unpaired) electrons. The first-order valence-corrected chi connectivity index (χ1v) is 8.56. The van der Waals surface area contributed by atoms with Crippen LogP contribution in [0.15, 0.2) is 48.0 Å². The molecule has 0 atom stereocenters. The van der Waals surface area contributed by atoms with Gasteiger partial charge in [-0.15, -0.1) is 11.3 Å². The first-order chi connectivity index (χ1) is 11.2. The molecule has 0 unspecified atom stereocenters. The first-order valence-electron chi connectivity index (χ1n) is 7.68. The van der Waals surface area contributed by atoms with E-state index in [0.717, 1.165) is 24.3 Å². The van der Waals surface area contributed by atoms with Crippen LogP contribution < -0.4 is 0 Å². The van der Waals surface area contributed by atoms with E-state index >= 15 is 0 Å². The number of amides is 1. The molecule has 2 aromatic heterocycles. The second-order valence-corrected chi connectivity index (χ2v) is 6.74. The van der Waals surface area contributed by atoms with Crippen LogP contribution in [0.25, 0.3) is 5.69 Å². The topological polar surface area (TPSA) is 38.1 Å². The van der Waals surface area contributed by atoms with Gasteiger partial charge in [0.05, 0.1) is 23.1 Å². The molecule has 0 aliphatic carbocycles. The minimum atomic E-state index is 0.0709. The summed E-state index contributed by atoms with van der Waals surface area (Å²) >= 11 is 1.79. The van der Waals surface area contributed by atoms with Gasteiger partial charge in [0.15, 0.2) is 0 Å². The van der Waals surface area contributed by atoms with Gasteiger partial charge in [-0.05, 0) is 42.5 Å². The molecular formula is C18H17N3OS. The Kier molecular flexibility index (Phi) is 3.50. The summed E-state index contributed by atoms with van der Waals surface area (Å²) in [7, 11) is 0. The van der Waals surface area contributed by atoms with Crippen LogP contribution in [0, 0.1) is 6.92 Å². The van der Waals surface area contributed by atoms with Crippen LogP contribution >= 0.6 is 11.3 Å². The summed E-state index contributed by atoms with van der Waals surface area (Å²) in [5.41, 5.74) is 3.83. The third-order valence-electron chi connectivity index (χ3n) is 4.34. The van der Waals surface area contributed by atoms with Gasteiger partial charge in [-0.3, -0.25) is 4.79 Å². The van der Waals surface area contributed by atoms with Crippen molar-refractivity contribution in [3.8, 4) is 5.69 Å². The Morgan fingerprint density at radius 1 is 1.22 bits per heavy atom. The molecule has 5 heteroatoms. The predicted molar refractivity (Wildman–Crippen MR) is 91.1 cm³/mol. The van der Waals surface area contributed by atoms with Crippen molar-refractivity contribution >= 4 is 17.2 Å². The van der Waals surface area contributed by atoms with Gasteiger partial charge in [-0.25, -0.2) is 4.68 Å². The molecule has 0 bridgehead atoms. The lowest BCUT2D eigenvalue weighted by Gasteiger charge is -2.26. The smallest absolute Gasteiger partial charge is 0.257 e. The Bertz CT molecular complexity index is 850. The van der Waals surface area contributed by atoms with E-state index < -0.39 is 0 Å². The van der Waals surface area contributed by atoms with E-state index in [-0.39, 0.29) is 5.91 Å². The van der Waals surface area contributed by atoms with Gasteiger partial charge in [0.2, 0.25) is 0 Å². The maximum Gasteiger partial charge on any atom is 0.257 e. The second kappa shape index (κ2) is 5.66. The molecule has 23 heavy (non-hydrogen) atoms. The van der Waals surface area contributed by atoms with Crippen LogP contribution in [0.1, 0.15) is 26.5 Å². The zero-order chi connectivity index (χ0) is 15.8. The standard InChI is InChI=1S/C18H17N3OS/c1-13-16(11-19-21(13)15-5-3-2-4-6-15)18(22)20-9-7-17-14(12-20)8-10-23-17/h2-6,8,10-11H,7,9,12H2,1H3. The lowest BCUT2D eigenvalue weighted by Crippen LogP contribution is -2.35. The number of rotatable bonds is 2. The summed E-state index contributed by atoms with van der Waals surface area (Å²) in [6, 6.07) is 12.0. The Morgan fingerprint density at radius 3 is 2.87 bits per heavy atom. The van der Waals surface area contributed by atoms with Crippen molar-refractivity contribution in [1.29, 1.82) is 0 Å². The second-order valence-electron chi connectivity index (χ2n) is 5.74. The SMILES string of the molecule is Cc1c(C(=O)N2CCc3sccc3C2)cnn1-c1ccccc1. The van der Waals surface area contributed by atoms with Gasteiger partial charge in [0.25, 0.3) is 5.91 Å². The van der Waals surface area contributed by atoms with Crippen molar-refractivity contribution in [1.82, 2.24) is 14.7 Å². The quantitative estimate of drug-likeness (QED) is 0.724. The molecule has 3 aromatic rings. The van der Waals surface area contributed by atoms with E-state index in [2.05, 4.69) is 16.5 Å². The number of benzene rings is 1. The molecule has 1 amide bonds. The molecule has 0 saturated carbocycles. The number of thiophene rings is 1. The van der Waals surface area contributed by atoms with Crippen molar-refractivity contribution in [3.05, 3.63) is 69.7 Å². The van der Waals surface area contributed by atoms with Crippen LogP contribution in [-0.2, 0) is 13.0 Å². The van der Waals surface area contributed by atoms with E-state index in [0.29, 0.717) is 12.1 Å². The number of carbonyl (C=O) groups excluding carboxylic acids is 1. The summed E-state index contributed by atoms with van der Waals surface area (Å²) in [5.74, 6) is 0.0709. The van der Waals surface area contributed by atoms with Crippen LogP contribution in [0.4, 0.5) is 0 Å². The molecular weight excluding hydrogens is 306 g/mol. The fourth-order valence-corrected chi connectivity index (χ4v) is 3.93. The fourth-order valence-electron chi connectivity index (χ4n) is 3.04. The predicted octanol–water partition coefficient (Wildman–Crippen LogP) is 3.44. The van der Waals surface area contributed by atoms with E-state index in [9.17, 15) is 4.79 Å². The van der Waals surface area contributed by atoms with Crippen molar-refractivity contribution < 1.29 is 4.79 Å². The lowest BCUT2D eigenvalue weighted by atomic mass is 10.1. The summed E-state index contributed by atoms with van der Waals surface area (Å²) < 4.78 is 1.83. The number of hydrogen-bond acceptors (Lipinski definition) is 3. The molecule has 0 spiro atoms. The highest BCUT2D eigenvalue weighted by Gasteiger charge is 2.25. The highest BCUT2D eigenvalue weighted by Crippen LogP contribution is 2.25. The average Bonchev–Trinajstić information content (AvgIpc) is 3.20. The van der Waals surface area contributed by atoms with Gasteiger partial charge in [-0.2, -0.15) is 5.10 Å². The lowest BCUT2D eigenvalue weighted by molar-refractivity contribution is 0.0735. The summed E-state index contributed by atoms with van der Waals surface area (Å²) in [4.78, 5) is 16.2. The van der Waals surface area contributed by atoms with Crippen molar-refractivity contribution in [3.63, 3.8) is 0 Å². The van der Waals surface area contributed by atoms with Crippen molar-refractivity contribution in [2.75, 3.05) is 6.54 Å². The molecule has 1 aliphatic rings. The minimum Gasteiger partial charge on any atom is -0.334 e. The molecule has 0 fully saturated rings. The van der Waals surface area contributed by atoms with Crippen LogP contribution in [0.5, 0.6) is 0 Å². The monoisotopic (exact) mass is 323 g/mol. The Morgan fingerprint density at radius 2 is 2.04 bits per heavy atom. The van der Waals surface area contributed by atoms with Crippen LogP contribution in [-0.4, -0.2) is 27.1 Å². The van der Waals surface area contributed by atoms with E-state index in [1.807, 2.05) is 46.8 Å². The van der Waals surface area contributed by atoms with Crippen molar-refractivity contribution in [2.45, 2.75) is 19.9 Å². The third kappa shape index (κ3) is 2.47. The number of carbonyl (C=O) groups is 1. The Balaban J connectivity index is 1.62. The summed E-state index contributed by atoms with van der Waals surface area (Å²) in [5, 5.41) is 6.52. The van der Waals surface area contributed by atoms with Gasteiger partial charge in [0, 0.05) is 18.0 Å². The third-order valence-corrected chi connectivity index (χ3v) is 5.36. The van der Waals surface area contributed by atoms with Gasteiger partial charge >= 0.3 is 0 Å². The highest BCUT2D eigenvalue weighted by molar-refractivity contribution is 7.10. The Labute approximate surface area is 139 Å². The Hall–Kier alpha value is -2.40. The molecule has 1 aromatic carbocycles. The first kappa shape index (κ1) is 14.2. The van der Waals surface area contributed by atoms with E-state index in [1.165, 1.54) is 10.4 Å². The highest BCUT2D eigenvalue weighted by atomic mass is 32.1. The van der Waals surface area contributed by atoms with Gasteiger partial charge in [-0.1, -0.05) is 18.2 Å². The van der Waals surface area contributed by atoms with Gasteiger partial charge < -0.3 is 4.90 Å². The number of hydrogen-bond donors (Lipinski definition) is 0. The minimum absolute atomic E-state index is 0.0709. The molecule has 0 N–H and O–H groups in total. The fraction of sp³-hybridized carbons (Fsp3) is 0.222. The molecule has 4 rings (SSSR count). The number of nitrogens with zero attached hydrogens (tertiary/aromatic N) is 3. The maximum absolute atomic E-state index is 12.9. The zero-order valence-corrected chi connectivity index (χ0v) is 13.7. The average molecular weight is 323 g/mol. The normalized spacial score (nSPS) is 13.9. The largest absolute Gasteiger partial charge is 0.334 e. The number of para-hydroxylation sites is 1. The van der Waals surface area contributed by atoms with Crippen LogP contribution in [0.3, 0.4) is 0 Å². The zero-order valence-electron chi connectivity index (χ0n) is 12.9. The summed E-state index contributed by atoms with van der Waals surface area (Å²) in [6.07, 6.45) is 2.64. The molecule has 1 aliphatic heterocycles. The number of fused-ring (bicyclic) bond motifs is 1. The summed E-state index contributed by atoms with van der Waals surface area (Å²) in [6.45, 7) is 3.43. The molecule has 116 valence electrons. The van der Waals surface area contributed by atoms with E-state index in [1.54, 1.807) is 17.5 Å².